The molecule has 0 unspecified atom stereocenters. The zero-order chi connectivity index (χ0) is 16.7. The molecule has 0 aliphatic heterocycles. The summed E-state index contributed by atoms with van der Waals surface area (Å²) in [5, 5.41) is 11.8. The molecule has 24 heavy (non-hydrogen) atoms. The number of carboxylic acid groups (broad SMARTS) is 1. The zero-order valence-electron chi connectivity index (χ0n) is 13.0. The molecule has 0 atom stereocenters. The molecule has 8 heteroatoms. The molecule has 4 rings (SSSR count). The number of nitrogens with one attached hydrogen (secondary N) is 1. The first kappa shape index (κ1) is 14.8. The summed E-state index contributed by atoms with van der Waals surface area (Å²) in [6.45, 7) is 0. The molecule has 124 valence electrons. The number of amides is 1. The van der Waals surface area contributed by atoms with Crippen LogP contribution >= 0.6 is 0 Å². The third kappa shape index (κ3) is 2.53. The predicted octanol–water partition coefficient (Wildman–Crippen LogP) is 0.744. The third-order valence-electron chi connectivity index (χ3n) is 4.69. The lowest BCUT2D eigenvalue weighted by atomic mass is 9.80. The fraction of sp³-hybridized carbons (Fsp3) is 0.438. The van der Waals surface area contributed by atoms with Crippen LogP contribution in [0, 0.1) is 5.92 Å². The van der Waals surface area contributed by atoms with Gasteiger partial charge in [-0.2, -0.15) is 0 Å². The van der Waals surface area contributed by atoms with Gasteiger partial charge in [-0.25, -0.2) is 15.0 Å². The van der Waals surface area contributed by atoms with Gasteiger partial charge in [-0.3, -0.25) is 14.2 Å². The molecular formula is C16H17N5O3. The minimum atomic E-state index is -0.800. The van der Waals surface area contributed by atoms with Gasteiger partial charge in [-0.15, -0.1) is 0 Å². The van der Waals surface area contributed by atoms with Gasteiger partial charge in [0.2, 0.25) is 5.95 Å². The topological polar surface area (TPSA) is 110 Å². The standard InChI is InChI=1S/C16H17N5O3/c22-14(18-10-6-9(7-10)15(23)24)13-11-2-1-3-12(11)19-16(20-13)21-5-4-17-8-21/h4-5,8-10H,1-3,6-7H2,(H,18,22)(H,23,24). The van der Waals surface area contributed by atoms with E-state index in [9.17, 15) is 9.59 Å². The summed E-state index contributed by atoms with van der Waals surface area (Å²) >= 11 is 0. The summed E-state index contributed by atoms with van der Waals surface area (Å²) in [4.78, 5) is 36.5. The Bertz CT molecular complexity index is 796. The highest BCUT2D eigenvalue weighted by Crippen LogP contribution is 2.29. The molecule has 8 nitrogen and oxygen atoms in total. The van der Waals surface area contributed by atoms with Crippen molar-refractivity contribution in [3.8, 4) is 5.95 Å². The largest absolute Gasteiger partial charge is 0.481 e. The molecule has 0 saturated heterocycles. The summed E-state index contributed by atoms with van der Waals surface area (Å²) in [5.74, 6) is -0.958. The van der Waals surface area contributed by atoms with Gasteiger partial charge in [0, 0.05) is 29.7 Å². The lowest BCUT2D eigenvalue weighted by Gasteiger charge is -2.32. The minimum absolute atomic E-state index is 0.0951. The number of aliphatic carboxylic acids is 1. The number of carbonyl (C=O) groups is 2. The number of imidazole rings is 1. The SMILES string of the molecule is O=C(NC1CC(C(=O)O)C1)c1nc(-n2ccnc2)nc2c1CCC2. The first-order valence-electron chi connectivity index (χ1n) is 8.03. The van der Waals surface area contributed by atoms with Crippen molar-refractivity contribution in [1.29, 1.82) is 0 Å². The molecule has 2 aromatic heterocycles. The van der Waals surface area contributed by atoms with Crippen molar-refractivity contribution < 1.29 is 14.7 Å². The van der Waals surface area contributed by atoms with Gasteiger partial charge in [0.15, 0.2) is 0 Å². The van der Waals surface area contributed by atoms with Crippen molar-refractivity contribution in [3.63, 3.8) is 0 Å². The Hall–Kier alpha value is -2.77. The van der Waals surface area contributed by atoms with Crippen LogP contribution in [0.25, 0.3) is 5.95 Å². The molecule has 1 amide bonds. The Balaban J connectivity index is 1.58. The maximum atomic E-state index is 12.6. The van der Waals surface area contributed by atoms with Gasteiger partial charge in [-0.05, 0) is 32.1 Å². The fourth-order valence-corrected chi connectivity index (χ4v) is 3.29. The van der Waals surface area contributed by atoms with Crippen LogP contribution in [-0.4, -0.2) is 42.5 Å². The van der Waals surface area contributed by atoms with E-state index in [1.165, 1.54) is 0 Å². The number of hydrogen-bond donors (Lipinski definition) is 2. The van der Waals surface area contributed by atoms with Crippen LogP contribution < -0.4 is 5.32 Å². The second kappa shape index (κ2) is 5.70. The summed E-state index contributed by atoms with van der Waals surface area (Å²) in [7, 11) is 0. The monoisotopic (exact) mass is 327 g/mol. The van der Waals surface area contributed by atoms with Crippen molar-refractivity contribution in [3.05, 3.63) is 35.7 Å². The van der Waals surface area contributed by atoms with Crippen LogP contribution in [0.2, 0.25) is 0 Å². The Kier molecular flexibility index (Phi) is 3.51. The predicted molar refractivity (Wildman–Crippen MR) is 82.8 cm³/mol. The van der Waals surface area contributed by atoms with Gasteiger partial charge in [0.05, 0.1) is 5.92 Å². The molecule has 2 N–H and O–H groups in total. The average molecular weight is 327 g/mol. The van der Waals surface area contributed by atoms with Crippen LogP contribution in [0.1, 0.15) is 41.0 Å². The normalized spacial score (nSPS) is 21.8. The van der Waals surface area contributed by atoms with E-state index >= 15 is 0 Å². The lowest BCUT2D eigenvalue weighted by Crippen LogP contribution is -2.47. The Morgan fingerprint density at radius 2 is 2.08 bits per heavy atom. The molecule has 0 radical (unpaired) electrons. The highest BCUT2D eigenvalue weighted by Gasteiger charge is 2.36. The van der Waals surface area contributed by atoms with E-state index in [0.717, 1.165) is 30.5 Å². The molecule has 1 fully saturated rings. The van der Waals surface area contributed by atoms with Crippen LogP contribution in [0.15, 0.2) is 18.7 Å². The number of aryl methyl sites for hydroxylation is 1. The fourth-order valence-electron chi connectivity index (χ4n) is 3.29. The summed E-state index contributed by atoms with van der Waals surface area (Å²) in [6.07, 6.45) is 8.52. The first-order chi connectivity index (χ1) is 11.6. The maximum Gasteiger partial charge on any atom is 0.306 e. The van der Waals surface area contributed by atoms with E-state index in [-0.39, 0.29) is 17.9 Å². The Labute approximate surface area is 138 Å². The number of rotatable bonds is 4. The summed E-state index contributed by atoms with van der Waals surface area (Å²) in [6, 6.07) is -0.0951. The third-order valence-corrected chi connectivity index (χ3v) is 4.69. The molecule has 2 aliphatic rings. The van der Waals surface area contributed by atoms with Gasteiger partial charge in [0.1, 0.15) is 12.0 Å². The number of carbonyl (C=O) groups excluding carboxylic acids is 1. The van der Waals surface area contributed by atoms with Crippen LogP contribution in [0.3, 0.4) is 0 Å². The van der Waals surface area contributed by atoms with E-state index in [2.05, 4.69) is 20.3 Å². The van der Waals surface area contributed by atoms with Crippen LogP contribution in [-0.2, 0) is 17.6 Å². The number of carboxylic acids is 1. The lowest BCUT2D eigenvalue weighted by molar-refractivity contribution is -0.145. The molecule has 0 bridgehead atoms. The van der Waals surface area contributed by atoms with Crippen molar-refractivity contribution in [2.75, 3.05) is 0 Å². The second-order valence-electron chi connectivity index (χ2n) is 6.30. The quantitative estimate of drug-likeness (QED) is 0.857. The van der Waals surface area contributed by atoms with E-state index in [1.54, 1.807) is 23.3 Å². The second-order valence-corrected chi connectivity index (χ2v) is 6.30. The number of aromatic nitrogens is 4. The average Bonchev–Trinajstić information content (AvgIpc) is 3.18. The van der Waals surface area contributed by atoms with Crippen molar-refractivity contribution in [2.24, 2.45) is 5.92 Å². The van der Waals surface area contributed by atoms with Crippen LogP contribution in [0.4, 0.5) is 0 Å². The van der Waals surface area contributed by atoms with Gasteiger partial charge in [0.25, 0.3) is 5.91 Å². The smallest absolute Gasteiger partial charge is 0.306 e. The van der Waals surface area contributed by atoms with Crippen molar-refractivity contribution in [2.45, 2.75) is 38.1 Å². The van der Waals surface area contributed by atoms with Gasteiger partial charge >= 0.3 is 5.97 Å². The molecule has 2 aliphatic carbocycles. The van der Waals surface area contributed by atoms with E-state index in [0.29, 0.717) is 24.5 Å². The number of fused-ring (bicyclic) bond motifs is 1. The molecule has 1 saturated carbocycles. The molecule has 0 aromatic carbocycles. The highest BCUT2D eigenvalue weighted by molar-refractivity contribution is 5.94. The maximum absolute atomic E-state index is 12.6. The van der Waals surface area contributed by atoms with Crippen molar-refractivity contribution in [1.82, 2.24) is 24.8 Å². The van der Waals surface area contributed by atoms with E-state index in [4.69, 9.17) is 5.11 Å². The minimum Gasteiger partial charge on any atom is -0.481 e. The van der Waals surface area contributed by atoms with Crippen molar-refractivity contribution >= 4 is 11.9 Å². The number of nitrogens with zero attached hydrogens (tertiary/aromatic N) is 4. The van der Waals surface area contributed by atoms with E-state index in [1.807, 2.05) is 0 Å². The van der Waals surface area contributed by atoms with Gasteiger partial charge in [-0.1, -0.05) is 0 Å². The molecular weight excluding hydrogens is 310 g/mol. The van der Waals surface area contributed by atoms with Gasteiger partial charge < -0.3 is 10.4 Å². The first-order valence-corrected chi connectivity index (χ1v) is 8.03. The summed E-state index contributed by atoms with van der Waals surface area (Å²) in [5.41, 5.74) is 2.22. The molecule has 0 spiro atoms. The Morgan fingerprint density at radius 1 is 1.25 bits per heavy atom. The van der Waals surface area contributed by atoms with E-state index < -0.39 is 5.97 Å². The molecule has 2 heterocycles. The summed E-state index contributed by atoms with van der Waals surface area (Å²) < 4.78 is 1.68. The number of hydrogen-bond acceptors (Lipinski definition) is 5. The molecule has 2 aromatic rings. The Morgan fingerprint density at radius 3 is 2.79 bits per heavy atom. The highest BCUT2D eigenvalue weighted by atomic mass is 16.4. The van der Waals surface area contributed by atoms with Crippen LogP contribution in [0.5, 0.6) is 0 Å². The zero-order valence-corrected chi connectivity index (χ0v) is 13.0.